The molecule has 1 unspecified atom stereocenters. The molecule has 0 spiro atoms. The first-order valence-electron chi connectivity index (χ1n) is 12.4. The Morgan fingerprint density at radius 1 is 1.00 bits per heavy atom. The fourth-order valence-electron chi connectivity index (χ4n) is 4.70. The van der Waals surface area contributed by atoms with Crippen molar-refractivity contribution >= 4 is 29.1 Å². The van der Waals surface area contributed by atoms with E-state index in [1.54, 1.807) is 22.2 Å². The Labute approximate surface area is 219 Å². The highest BCUT2D eigenvalue weighted by Gasteiger charge is 2.39. The van der Waals surface area contributed by atoms with Gasteiger partial charge in [-0.2, -0.15) is 0 Å². The van der Waals surface area contributed by atoms with E-state index < -0.39 is 0 Å². The molecular formula is C27H29N5O4S. The minimum absolute atomic E-state index is 0.0102. The van der Waals surface area contributed by atoms with Gasteiger partial charge in [-0.05, 0) is 30.7 Å². The highest BCUT2D eigenvalue weighted by molar-refractivity contribution is 7.10. The third-order valence-electron chi connectivity index (χ3n) is 6.86. The van der Waals surface area contributed by atoms with Gasteiger partial charge in [0.25, 0.3) is 5.91 Å². The zero-order valence-electron chi connectivity index (χ0n) is 20.7. The molecule has 2 aliphatic rings. The maximum Gasteiger partial charge on any atom is 0.261 e. The van der Waals surface area contributed by atoms with E-state index in [0.29, 0.717) is 44.9 Å². The highest BCUT2D eigenvalue weighted by atomic mass is 32.1. The summed E-state index contributed by atoms with van der Waals surface area (Å²) in [4.78, 5) is 52.4. The van der Waals surface area contributed by atoms with Gasteiger partial charge in [-0.1, -0.05) is 18.2 Å². The van der Waals surface area contributed by atoms with Crippen LogP contribution in [0.15, 0.2) is 60.2 Å². The molecule has 0 bridgehead atoms. The number of carbonyl (C=O) groups is 3. The molecule has 0 aliphatic carbocycles. The average molecular weight is 520 g/mol. The van der Waals surface area contributed by atoms with Crippen molar-refractivity contribution in [1.29, 1.82) is 0 Å². The molecule has 10 heteroatoms. The highest BCUT2D eigenvalue weighted by Crippen LogP contribution is 2.33. The van der Waals surface area contributed by atoms with Crippen LogP contribution in [0.4, 0.5) is 0 Å². The van der Waals surface area contributed by atoms with Crippen LogP contribution in [0.25, 0.3) is 11.3 Å². The Hall–Kier alpha value is -3.79. The van der Waals surface area contributed by atoms with Crippen LogP contribution in [0.2, 0.25) is 0 Å². The van der Waals surface area contributed by atoms with Crippen molar-refractivity contribution in [2.24, 2.45) is 5.92 Å². The van der Waals surface area contributed by atoms with E-state index in [-0.39, 0.29) is 36.3 Å². The zero-order chi connectivity index (χ0) is 25.8. The number of hydrogen-bond acceptors (Lipinski definition) is 7. The summed E-state index contributed by atoms with van der Waals surface area (Å²) in [6, 6.07) is 12.8. The van der Waals surface area contributed by atoms with E-state index in [4.69, 9.17) is 9.72 Å². The Kier molecular flexibility index (Phi) is 7.45. The van der Waals surface area contributed by atoms with Gasteiger partial charge in [-0.3, -0.25) is 19.4 Å². The molecule has 9 nitrogen and oxygen atoms in total. The minimum Gasteiger partial charge on any atom is -0.484 e. The maximum atomic E-state index is 13.4. The monoisotopic (exact) mass is 519 g/mol. The van der Waals surface area contributed by atoms with Gasteiger partial charge in [0, 0.05) is 63.0 Å². The van der Waals surface area contributed by atoms with E-state index in [0.717, 1.165) is 16.3 Å². The number of ether oxygens (including phenoxy) is 1. The molecule has 1 aromatic carbocycles. The second-order valence-corrected chi connectivity index (χ2v) is 10.1. The van der Waals surface area contributed by atoms with Gasteiger partial charge < -0.3 is 19.4 Å². The number of likely N-dealkylation sites (tertiary alicyclic amines) is 1. The van der Waals surface area contributed by atoms with Crippen LogP contribution >= 0.6 is 11.3 Å². The number of pyridine rings is 1. The first-order valence-corrected chi connectivity index (χ1v) is 13.2. The molecule has 1 atom stereocenters. The van der Waals surface area contributed by atoms with Gasteiger partial charge in [-0.25, -0.2) is 4.98 Å². The summed E-state index contributed by atoms with van der Waals surface area (Å²) in [5, 5.41) is 2.83. The van der Waals surface area contributed by atoms with Gasteiger partial charge in [0.05, 0.1) is 17.7 Å². The van der Waals surface area contributed by atoms with Crippen molar-refractivity contribution in [2.75, 3.05) is 39.3 Å². The van der Waals surface area contributed by atoms with Crippen LogP contribution in [0, 0.1) is 5.92 Å². The van der Waals surface area contributed by atoms with Crippen LogP contribution in [0.3, 0.4) is 0 Å². The van der Waals surface area contributed by atoms with Crippen molar-refractivity contribution < 1.29 is 19.1 Å². The molecule has 3 aromatic rings. The van der Waals surface area contributed by atoms with E-state index in [1.165, 1.54) is 18.3 Å². The summed E-state index contributed by atoms with van der Waals surface area (Å²) in [6.07, 6.45) is 4.04. The molecule has 0 radical (unpaired) electrons. The normalized spacial score (nSPS) is 18.2. The Morgan fingerprint density at radius 3 is 2.49 bits per heavy atom. The molecular weight excluding hydrogens is 490 g/mol. The number of amides is 3. The SMILES string of the molecule is CC(=O)N1CC(C(=O)N2CCC(c3nc(-c4ccncc4)cs3)N(C(=O)COc3ccccc3)CC2)C1. The Balaban J connectivity index is 1.33. The topological polar surface area (TPSA) is 95.9 Å². The summed E-state index contributed by atoms with van der Waals surface area (Å²) < 4.78 is 5.76. The summed E-state index contributed by atoms with van der Waals surface area (Å²) in [7, 11) is 0. The average Bonchev–Trinajstić information content (AvgIpc) is 3.27. The largest absolute Gasteiger partial charge is 0.484 e. The standard InChI is InChI=1S/C27H29N5O4S/c1-19(33)31-15-21(16-31)27(35)30-12-9-24(26-29-23(18-37-26)20-7-10-28-11-8-20)32(14-13-30)25(34)17-36-22-5-3-2-4-6-22/h2-8,10-11,18,21,24H,9,12-17H2,1H3. The second-order valence-electron chi connectivity index (χ2n) is 9.25. The summed E-state index contributed by atoms with van der Waals surface area (Å²) in [6.45, 7) is 3.70. The van der Waals surface area contributed by atoms with Crippen LogP contribution in [0.1, 0.15) is 24.4 Å². The summed E-state index contributed by atoms with van der Waals surface area (Å²) in [5.41, 5.74) is 1.81. The smallest absolute Gasteiger partial charge is 0.261 e. The third kappa shape index (κ3) is 5.64. The van der Waals surface area contributed by atoms with E-state index in [1.807, 2.05) is 52.7 Å². The van der Waals surface area contributed by atoms with Crippen molar-refractivity contribution in [1.82, 2.24) is 24.7 Å². The third-order valence-corrected chi connectivity index (χ3v) is 7.80. The van der Waals surface area contributed by atoms with Crippen molar-refractivity contribution in [3.63, 3.8) is 0 Å². The van der Waals surface area contributed by atoms with Gasteiger partial charge in [0.15, 0.2) is 6.61 Å². The number of thiazole rings is 1. The molecule has 3 amide bonds. The number of benzene rings is 1. The summed E-state index contributed by atoms with van der Waals surface area (Å²) >= 11 is 1.52. The molecule has 2 aromatic heterocycles. The number of aromatic nitrogens is 2. The van der Waals surface area contributed by atoms with Gasteiger partial charge in [-0.15, -0.1) is 11.3 Å². The number of para-hydroxylation sites is 1. The fourth-order valence-corrected chi connectivity index (χ4v) is 5.67. The van der Waals surface area contributed by atoms with Crippen LogP contribution in [0.5, 0.6) is 5.75 Å². The van der Waals surface area contributed by atoms with E-state index >= 15 is 0 Å². The Morgan fingerprint density at radius 2 is 1.76 bits per heavy atom. The molecule has 2 fully saturated rings. The van der Waals surface area contributed by atoms with Gasteiger partial charge in [0.1, 0.15) is 10.8 Å². The van der Waals surface area contributed by atoms with Crippen LogP contribution < -0.4 is 4.74 Å². The summed E-state index contributed by atoms with van der Waals surface area (Å²) in [5.74, 6) is 0.347. The lowest BCUT2D eigenvalue weighted by Crippen LogP contribution is -2.56. The number of carbonyl (C=O) groups excluding carboxylic acids is 3. The first-order chi connectivity index (χ1) is 18.0. The van der Waals surface area contributed by atoms with Crippen LogP contribution in [-0.4, -0.2) is 81.7 Å². The van der Waals surface area contributed by atoms with Gasteiger partial charge in [0.2, 0.25) is 11.8 Å². The minimum atomic E-state index is -0.264. The fraction of sp³-hybridized carbons (Fsp3) is 0.370. The molecule has 2 saturated heterocycles. The quantitative estimate of drug-likeness (QED) is 0.497. The van der Waals surface area contributed by atoms with Crippen molar-refractivity contribution in [3.8, 4) is 17.0 Å². The number of nitrogens with zero attached hydrogens (tertiary/aromatic N) is 5. The van der Waals surface area contributed by atoms with Crippen LogP contribution in [-0.2, 0) is 14.4 Å². The molecule has 0 saturated carbocycles. The molecule has 2 aliphatic heterocycles. The lowest BCUT2D eigenvalue weighted by Gasteiger charge is -2.39. The Bertz CT molecular complexity index is 1250. The molecule has 5 rings (SSSR count). The predicted octanol–water partition coefficient (Wildman–Crippen LogP) is 2.86. The number of rotatable bonds is 6. The van der Waals surface area contributed by atoms with E-state index in [2.05, 4.69) is 4.98 Å². The number of hydrogen-bond donors (Lipinski definition) is 0. The molecule has 192 valence electrons. The van der Waals surface area contributed by atoms with Gasteiger partial charge >= 0.3 is 0 Å². The molecule has 0 N–H and O–H groups in total. The lowest BCUT2D eigenvalue weighted by molar-refractivity contribution is -0.147. The molecule has 37 heavy (non-hydrogen) atoms. The second kappa shape index (κ2) is 11.1. The van der Waals surface area contributed by atoms with Crippen molar-refractivity contribution in [3.05, 3.63) is 65.2 Å². The lowest BCUT2D eigenvalue weighted by atomic mass is 9.98. The maximum absolute atomic E-state index is 13.4. The zero-order valence-corrected chi connectivity index (χ0v) is 21.5. The molecule has 4 heterocycles. The van der Waals surface area contributed by atoms with Crippen molar-refractivity contribution in [2.45, 2.75) is 19.4 Å². The first kappa shape index (κ1) is 24.9. The van der Waals surface area contributed by atoms with E-state index in [9.17, 15) is 14.4 Å². The predicted molar refractivity (Wildman–Crippen MR) is 139 cm³/mol.